The van der Waals surface area contributed by atoms with Crippen molar-refractivity contribution in [3.05, 3.63) is 53.1 Å². The molecular formula is C16H21FN2O. The monoisotopic (exact) mass is 276 g/mol. The quantitative estimate of drug-likeness (QED) is 0.881. The van der Waals surface area contributed by atoms with Crippen molar-refractivity contribution < 1.29 is 9.50 Å². The van der Waals surface area contributed by atoms with Crippen LogP contribution < -0.4 is 0 Å². The van der Waals surface area contributed by atoms with Gasteiger partial charge in [0.15, 0.2) is 0 Å². The fraction of sp³-hybridized carbons (Fsp3) is 0.438. The molecule has 20 heavy (non-hydrogen) atoms. The molecule has 1 unspecified atom stereocenters. The molecule has 0 spiro atoms. The number of rotatable bonds is 6. The van der Waals surface area contributed by atoms with Crippen LogP contribution in [-0.4, -0.2) is 21.5 Å². The molecule has 0 radical (unpaired) electrons. The predicted molar refractivity (Wildman–Crippen MR) is 77.2 cm³/mol. The SMILES string of the molecule is CCc1cc(CC(CO)c2ccc(F)cc2)n(CC)n1. The molecule has 0 amide bonds. The Morgan fingerprint density at radius 3 is 2.50 bits per heavy atom. The van der Waals surface area contributed by atoms with Gasteiger partial charge in [0.1, 0.15) is 5.82 Å². The number of aryl methyl sites for hydroxylation is 2. The van der Waals surface area contributed by atoms with Gasteiger partial charge < -0.3 is 5.11 Å². The number of aromatic nitrogens is 2. The van der Waals surface area contributed by atoms with E-state index >= 15 is 0 Å². The maximum Gasteiger partial charge on any atom is 0.123 e. The molecule has 0 aliphatic rings. The average Bonchev–Trinajstić information content (AvgIpc) is 2.88. The van der Waals surface area contributed by atoms with E-state index in [0.717, 1.165) is 29.9 Å². The fourth-order valence-corrected chi connectivity index (χ4v) is 2.40. The Bertz CT molecular complexity index is 548. The molecule has 2 rings (SSSR count). The van der Waals surface area contributed by atoms with E-state index in [9.17, 15) is 9.50 Å². The zero-order chi connectivity index (χ0) is 14.5. The highest BCUT2D eigenvalue weighted by atomic mass is 19.1. The second-order valence-electron chi connectivity index (χ2n) is 4.93. The van der Waals surface area contributed by atoms with Gasteiger partial charge >= 0.3 is 0 Å². The van der Waals surface area contributed by atoms with Crippen molar-refractivity contribution in [2.75, 3.05) is 6.61 Å². The summed E-state index contributed by atoms with van der Waals surface area (Å²) in [4.78, 5) is 0. The lowest BCUT2D eigenvalue weighted by Crippen LogP contribution is -2.12. The van der Waals surface area contributed by atoms with Crippen LogP contribution in [0.15, 0.2) is 30.3 Å². The topological polar surface area (TPSA) is 38.0 Å². The molecule has 1 aromatic carbocycles. The van der Waals surface area contributed by atoms with Gasteiger partial charge in [0.25, 0.3) is 0 Å². The molecule has 1 aromatic heterocycles. The second-order valence-corrected chi connectivity index (χ2v) is 4.93. The summed E-state index contributed by atoms with van der Waals surface area (Å²) < 4.78 is 14.9. The van der Waals surface area contributed by atoms with E-state index < -0.39 is 0 Å². The van der Waals surface area contributed by atoms with Crippen LogP contribution in [0, 0.1) is 5.82 Å². The molecule has 0 fully saturated rings. The van der Waals surface area contributed by atoms with Crippen molar-refractivity contribution in [2.45, 2.75) is 39.2 Å². The smallest absolute Gasteiger partial charge is 0.123 e. The van der Waals surface area contributed by atoms with Crippen molar-refractivity contribution in [3.63, 3.8) is 0 Å². The lowest BCUT2D eigenvalue weighted by atomic mass is 9.95. The Morgan fingerprint density at radius 2 is 1.95 bits per heavy atom. The molecule has 1 N–H and O–H groups in total. The summed E-state index contributed by atoms with van der Waals surface area (Å²) in [5.41, 5.74) is 3.14. The molecule has 0 saturated carbocycles. The molecule has 1 heterocycles. The van der Waals surface area contributed by atoms with E-state index in [2.05, 4.69) is 25.0 Å². The highest BCUT2D eigenvalue weighted by Gasteiger charge is 2.15. The zero-order valence-corrected chi connectivity index (χ0v) is 12.0. The summed E-state index contributed by atoms with van der Waals surface area (Å²) in [6, 6.07) is 8.45. The van der Waals surface area contributed by atoms with Crippen molar-refractivity contribution in [1.82, 2.24) is 9.78 Å². The van der Waals surface area contributed by atoms with Crippen LogP contribution >= 0.6 is 0 Å². The third-order valence-corrected chi connectivity index (χ3v) is 3.59. The van der Waals surface area contributed by atoms with Crippen LogP contribution in [0.2, 0.25) is 0 Å². The molecule has 3 nitrogen and oxygen atoms in total. The summed E-state index contributed by atoms with van der Waals surface area (Å²) in [5.74, 6) is -0.278. The Labute approximate surface area is 119 Å². The highest BCUT2D eigenvalue weighted by Crippen LogP contribution is 2.21. The summed E-state index contributed by atoms with van der Waals surface area (Å²) >= 11 is 0. The van der Waals surface area contributed by atoms with Gasteiger partial charge in [0.05, 0.1) is 12.3 Å². The number of halogens is 1. The molecular weight excluding hydrogens is 255 g/mol. The average molecular weight is 276 g/mol. The number of aliphatic hydroxyl groups is 1. The number of aliphatic hydroxyl groups excluding tert-OH is 1. The van der Waals surface area contributed by atoms with Gasteiger partial charge in [-0.3, -0.25) is 4.68 Å². The van der Waals surface area contributed by atoms with Gasteiger partial charge in [-0.1, -0.05) is 19.1 Å². The standard InChI is InChI=1S/C16H21FN2O/c1-3-15-10-16(19(4-2)18-15)9-13(11-20)12-5-7-14(17)8-6-12/h5-8,10,13,20H,3-4,9,11H2,1-2H3. The molecule has 0 aliphatic heterocycles. The molecule has 0 aliphatic carbocycles. The summed E-state index contributed by atoms with van der Waals surface area (Å²) in [6.07, 6.45) is 1.61. The zero-order valence-electron chi connectivity index (χ0n) is 12.0. The van der Waals surface area contributed by atoms with E-state index in [1.165, 1.54) is 12.1 Å². The van der Waals surface area contributed by atoms with Gasteiger partial charge in [-0.15, -0.1) is 0 Å². The van der Waals surface area contributed by atoms with Crippen LogP contribution in [0.25, 0.3) is 0 Å². The van der Waals surface area contributed by atoms with Crippen LogP contribution in [0.1, 0.15) is 36.7 Å². The molecule has 2 aromatic rings. The van der Waals surface area contributed by atoms with Gasteiger partial charge in [-0.05, 0) is 43.5 Å². The maximum absolute atomic E-state index is 13.0. The lowest BCUT2D eigenvalue weighted by molar-refractivity contribution is 0.262. The van der Waals surface area contributed by atoms with Gasteiger partial charge in [0, 0.05) is 18.2 Å². The lowest BCUT2D eigenvalue weighted by Gasteiger charge is -2.15. The van der Waals surface area contributed by atoms with Gasteiger partial charge in [-0.2, -0.15) is 5.10 Å². The van der Waals surface area contributed by atoms with E-state index in [1.54, 1.807) is 12.1 Å². The van der Waals surface area contributed by atoms with E-state index in [0.29, 0.717) is 6.42 Å². The largest absolute Gasteiger partial charge is 0.396 e. The minimum atomic E-state index is -0.252. The van der Waals surface area contributed by atoms with Crippen molar-refractivity contribution in [1.29, 1.82) is 0 Å². The third kappa shape index (κ3) is 3.25. The maximum atomic E-state index is 13.0. The van der Waals surface area contributed by atoms with Crippen LogP contribution in [0.4, 0.5) is 4.39 Å². The number of hydrogen-bond donors (Lipinski definition) is 1. The fourth-order valence-electron chi connectivity index (χ4n) is 2.40. The normalized spacial score (nSPS) is 12.6. The minimum Gasteiger partial charge on any atom is -0.396 e. The first-order chi connectivity index (χ1) is 9.67. The van der Waals surface area contributed by atoms with Crippen LogP contribution in [0.5, 0.6) is 0 Å². The van der Waals surface area contributed by atoms with Crippen molar-refractivity contribution >= 4 is 0 Å². The first kappa shape index (κ1) is 14.7. The van der Waals surface area contributed by atoms with E-state index in [1.807, 2.05) is 4.68 Å². The number of nitrogens with zero attached hydrogens (tertiary/aromatic N) is 2. The molecule has 4 heteroatoms. The Kier molecular flexibility index (Phi) is 4.90. The van der Waals surface area contributed by atoms with Crippen LogP contribution in [0.3, 0.4) is 0 Å². The predicted octanol–water partition coefficient (Wildman–Crippen LogP) is 2.92. The number of hydrogen-bond acceptors (Lipinski definition) is 2. The van der Waals surface area contributed by atoms with Crippen LogP contribution in [-0.2, 0) is 19.4 Å². The molecule has 0 saturated heterocycles. The first-order valence-electron chi connectivity index (χ1n) is 7.09. The summed E-state index contributed by atoms with van der Waals surface area (Å²) in [7, 11) is 0. The Hall–Kier alpha value is -1.68. The second kappa shape index (κ2) is 6.66. The van der Waals surface area contributed by atoms with Crippen molar-refractivity contribution in [2.24, 2.45) is 0 Å². The van der Waals surface area contributed by atoms with Crippen molar-refractivity contribution in [3.8, 4) is 0 Å². The van der Waals surface area contributed by atoms with Gasteiger partial charge in [-0.25, -0.2) is 4.39 Å². The first-order valence-corrected chi connectivity index (χ1v) is 7.09. The molecule has 108 valence electrons. The highest BCUT2D eigenvalue weighted by molar-refractivity contribution is 5.23. The van der Waals surface area contributed by atoms with E-state index in [-0.39, 0.29) is 18.3 Å². The van der Waals surface area contributed by atoms with Gasteiger partial charge in [0.2, 0.25) is 0 Å². The summed E-state index contributed by atoms with van der Waals surface area (Å²) in [5, 5.41) is 14.1. The van der Waals surface area contributed by atoms with E-state index in [4.69, 9.17) is 0 Å². The summed E-state index contributed by atoms with van der Waals surface area (Å²) in [6.45, 7) is 5.00. The molecule has 0 bridgehead atoms. The molecule has 1 atom stereocenters. The number of benzene rings is 1. The Balaban J connectivity index is 2.21. The third-order valence-electron chi connectivity index (χ3n) is 3.59. The minimum absolute atomic E-state index is 0.0256. The Morgan fingerprint density at radius 1 is 1.25 bits per heavy atom.